The van der Waals surface area contributed by atoms with E-state index in [-0.39, 0.29) is 29.9 Å². The Morgan fingerprint density at radius 1 is 1.00 bits per heavy atom. The lowest BCUT2D eigenvalue weighted by molar-refractivity contribution is -0.122. The van der Waals surface area contributed by atoms with E-state index in [1.54, 1.807) is 53.4 Å². The molecule has 1 fully saturated rings. The van der Waals surface area contributed by atoms with Crippen LogP contribution in [0.2, 0.25) is 0 Å². The van der Waals surface area contributed by atoms with E-state index >= 15 is 0 Å². The summed E-state index contributed by atoms with van der Waals surface area (Å²) in [5.74, 6) is -1.05. The number of amides is 3. The third-order valence-corrected chi connectivity index (χ3v) is 7.56. The largest absolute Gasteiger partial charge is 0.351 e. The van der Waals surface area contributed by atoms with E-state index in [0.29, 0.717) is 28.8 Å². The smallest absolute Gasteiger partial charge is 0.260 e. The summed E-state index contributed by atoms with van der Waals surface area (Å²) in [7, 11) is -3.13. The Morgan fingerprint density at radius 2 is 1.70 bits per heavy atom. The number of nitrogens with one attached hydrogen (secondary N) is 1. The molecule has 0 bridgehead atoms. The summed E-state index contributed by atoms with van der Waals surface area (Å²) in [6.07, 6.45) is -0.351. The molecule has 3 amide bonds. The third kappa shape index (κ3) is 2.88. The van der Waals surface area contributed by atoms with Crippen molar-refractivity contribution in [1.82, 2.24) is 10.2 Å². The minimum atomic E-state index is -3.13. The van der Waals surface area contributed by atoms with Gasteiger partial charge in [-0.1, -0.05) is 30.3 Å². The van der Waals surface area contributed by atoms with Gasteiger partial charge in [0.2, 0.25) is 5.91 Å². The number of para-hydroxylation sites is 1. The van der Waals surface area contributed by atoms with Gasteiger partial charge in [-0.05, 0) is 24.6 Å². The Morgan fingerprint density at radius 3 is 2.43 bits per heavy atom. The first-order valence-corrected chi connectivity index (χ1v) is 11.5. The number of carbonyl (C=O) groups is 3. The van der Waals surface area contributed by atoms with E-state index in [1.165, 1.54) is 4.90 Å². The quantitative estimate of drug-likeness (QED) is 0.793. The van der Waals surface area contributed by atoms with Gasteiger partial charge in [0.1, 0.15) is 12.7 Å². The van der Waals surface area contributed by atoms with Gasteiger partial charge in [-0.25, -0.2) is 8.42 Å². The van der Waals surface area contributed by atoms with Gasteiger partial charge in [0.05, 0.1) is 22.8 Å². The van der Waals surface area contributed by atoms with E-state index in [2.05, 4.69) is 5.32 Å². The van der Waals surface area contributed by atoms with Crippen LogP contribution in [0.1, 0.15) is 38.9 Å². The summed E-state index contributed by atoms with van der Waals surface area (Å²) in [6, 6.07) is 13.4. The van der Waals surface area contributed by atoms with Gasteiger partial charge in [0.15, 0.2) is 9.84 Å². The van der Waals surface area contributed by atoms with Crippen LogP contribution in [0, 0.1) is 0 Å². The average Bonchev–Trinajstić information content (AvgIpc) is 3.22. The Balaban J connectivity index is 1.49. The van der Waals surface area contributed by atoms with Crippen molar-refractivity contribution < 1.29 is 22.8 Å². The molecule has 9 heteroatoms. The molecule has 1 N–H and O–H groups in total. The van der Waals surface area contributed by atoms with Crippen molar-refractivity contribution in [3.8, 4) is 0 Å². The molecule has 0 saturated carbocycles. The van der Waals surface area contributed by atoms with Crippen molar-refractivity contribution in [3.63, 3.8) is 0 Å². The Hall–Kier alpha value is -3.20. The molecule has 2 aromatic rings. The first-order valence-electron chi connectivity index (χ1n) is 9.68. The molecule has 5 rings (SSSR count). The van der Waals surface area contributed by atoms with E-state index in [1.807, 2.05) is 0 Å². The molecular weight excluding hydrogens is 406 g/mol. The van der Waals surface area contributed by atoms with Crippen LogP contribution >= 0.6 is 0 Å². The van der Waals surface area contributed by atoms with Crippen LogP contribution in [-0.2, 0) is 14.6 Å². The van der Waals surface area contributed by atoms with Gasteiger partial charge in [-0.15, -0.1) is 0 Å². The molecule has 0 aromatic heterocycles. The summed E-state index contributed by atoms with van der Waals surface area (Å²) in [5, 5.41) is 2.73. The van der Waals surface area contributed by atoms with Gasteiger partial charge < -0.3 is 10.2 Å². The number of fused-ring (bicyclic) bond motifs is 5. The zero-order valence-electron chi connectivity index (χ0n) is 15.9. The Kier molecular flexibility index (Phi) is 4.18. The standard InChI is InChI=1S/C21H19N3O5S/c25-18(22-13-9-10-30(28,29)12-13)11-23-19-14-5-1-2-6-15(14)21(27)24(19)17-8-4-3-7-16(17)20(23)26/h1-8,13,19H,9-12H2,(H,22,25)/t13-,19-/m0/s1. The fourth-order valence-electron chi connectivity index (χ4n) is 4.47. The molecule has 0 spiro atoms. The van der Waals surface area contributed by atoms with Crippen molar-refractivity contribution in [2.24, 2.45) is 0 Å². The van der Waals surface area contributed by atoms with Crippen LogP contribution in [0.4, 0.5) is 5.69 Å². The van der Waals surface area contributed by atoms with Crippen molar-refractivity contribution in [3.05, 3.63) is 65.2 Å². The first kappa shape index (κ1) is 18.8. The highest BCUT2D eigenvalue weighted by Crippen LogP contribution is 2.44. The molecule has 3 aliphatic heterocycles. The van der Waals surface area contributed by atoms with Crippen LogP contribution < -0.4 is 10.2 Å². The molecule has 30 heavy (non-hydrogen) atoms. The second-order valence-electron chi connectivity index (χ2n) is 7.75. The minimum absolute atomic E-state index is 0.0479. The van der Waals surface area contributed by atoms with E-state index in [4.69, 9.17) is 0 Å². The number of benzene rings is 2. The Labute approximate surface area is 173 Å². The lowest BCUT2D eigenvalue weighted by Crippen LogP contribution is -2.52. The van der Waals surface area contributed by atoms with E-state index in [9.17, 15) is 22.8 Å². The summed E-state index contributed by atoms with van der Waals surface area (Å²) < 4.78 is 23.3. The number of hydrogen-bond donors (Lipinski definition) is 1. The highest BCUT2D eigenvalue weighted by Gasteiger charge is 2.48. The maximum absolute atomic E-state index is 13.3. The molecule has 8 nitrogen and oxygen atoms in total. The molecular formula is C21H19N3O5S. The molecule has 154 valence electrons. The van der Waals surface area contributed by atoms with Gasteiger partial charge in [-0.2, -0.15) is 0 Å². The third-order valence-electron chi connectivity index (χ3n) is 5.79. The summed E-state index contributed by atoms with van der Waals surface area (Å²) >= 11 is 0. The number of hydrogen-bond acceptors (Lipinski definition) is 5. The van der Waals surface area contributed by atoms with Crippen LogP contribution in [0.5, 0.6) is 0 Å². The average molecular weight is 425 g/mol. The van der Waals surface area contributed by atoms with Crippen molar-refractivity contribution >= 4 is 33.2 Å². The molecule has 0 unspecified atom stereocenters. The second kappa shape index (κ2) is 6.66. The number of rotatable bonds is 3. The van der Waals surface area contributed by atoms with Crippen molar-refractivity contribution in [2.45, 2.75) is 18.6 Å². The second-order valence-corrected chi connectivity index (χ2v) is 9.98. The van der Waals surface area contributed by atoms with Gasteiger partial charge in [-0.3, -0.25) is 19.3 Å². The lowest BCUT2D eigenvalue weighted by atomic mass is 10.0. The monoisotopic (exact) mass is 425 g/mol. The first-order chi connectivity index (χ1) is 14.4. The van der Waals surface area contributed by atoms with Crippen LogP contribution in [0.25, 0.3) is 0 Å². The van der Waals surface area contributed by atoms with Gasteiger partial charge in [0, 0.05) is 17.2 Å². The number of anilines is 1. The summed E-state index contributed by atoms with van der Waals surface area (Å²) in [5.41, 5.74) is 2.04. The molecule has 0 radical (unpaired) electrons. The van der Waals surface area contributed by atoms with Gasteiger partial charge in [0.25, 0.3) is 11.8 Å². The number of sulfone groups is 1. The van der Waals surface area contributed by atoms with Crippen LogP contribution in [0.15, 0.2) is 48.5 Å². The number of carbonyl (C=O) groups excluding carboxylic acids is 3. The fraction of sp³-hybridized carbons (Fsp3) is 0.286. The predicted molar refractivity (Wildman–Crippen MR) is 109 cm³/mol. The van der Waals surface area contributed by atoms with Crippen LogP contribution in [0.3, 0.4) is 0 Å². The fourth-order valence-corrected chi connectivity index (χ4v) is 6.14. The highest BCUT2D eigenvalue weighted by atomic mass is 32.2. The van der Waals surface area contributed by atoms with E-state index < -0.39 is 28.0 Å². The molecule has 0 aliphatic carbocycles. The molecule has 3 heterocycles. The molecule has 3 aliphatic rings. The molecule has 1 saturated heterocycles. The summed E-state index contributed by atoms with van der Waals surface area (Å²) in [4.78, 5) is 42.0. The Bertz CT molecular complexity index is 1190. The lowest BCUT2D eigenvalue weighted by Gasteiger charge is -2.40. The van der Waals surface area contributed by atoms with Crippen LogP contribution in [-0.4, -0.2) is 55.1 Å². The zero-order chi connectivity index (χ0) is 21.0. The summed E-state index contributed by atoms with van der Waals surface area (Å²) in [6.45, 7) is -0.271. The predicted octanol–water partition coefficient (Wildman–Crippen LogP) is 1.10. The molecule has 2 atom stereocenters. The topological polar surface area (TPSA) is 104 Å². The number of nitrogens with zero attached hydrogens (tertiary/aromatic N) is 2. The maximum atomic E-state index is 13.3. The highest BCUT2D eigenvalue weighted by molar-refractivity contribution is 7.91. The van der Waals surface area contributed by atoms with Crippen molar-refractivity contribution in [1.29, 1.82) is 0 Å². The zero-order valence-corrected chi connectivity index (χ0v) is 16.8. The minimum Gasteiger partial charge on any atom is -0.351 e. The van der Waals surface area contributed by atoms with Gasteiger partial charge >= 0.3 is 0 Å². The normalized spacial score (nSPS) is 23.7. The maximum Gasteiger partial charge on any atom is 0.260 e. The van der Waals surface area contributed by atoms with Crippen molar-refractivity contribution in [2.75, 3.05) is 23.0 Å². The van der Waals surface area contributed by atoms with E-state index in [0.717, 1.165) is 0 Å². The molecule has 2 aromatic carbocycles. The SMILES string of the molecule is O=C(CN1C(=O)c2ccccc2N2C(=O)c3ccccc3[C@@H]12)N[C@H]1CCS(=O)(=O)C1.